The molecule has 62 valence electrons. The standard InChI is InChI=1S/C6H14Cl2N2/c1-3-5(9,4-2)6(7,8)10/h3-4,9-10H2,1-2H3. The van der Waals surface area contributed by atoms with E-state index in [1.807, 2.05) is 13.8 Å². The Labute approximate surface area is 71.9 Å². The van der Waals surface area contributed by atoms with Crippen molar-refractivity contribution in [1.29, 1.82) is 0 Å². The summed E-state index contributed by atoms with van der Waals surface area (Å²) in [6.07, 6.45) is 1.35. The van der Waals surface area contributed by atoms with Crippen LogP contribution in [0, 0.1) is 0 Å². The molecule has 0 saturated carbocycles. The van der Waals surface area contributed by atoms with Gasteiger partial charge in [-0.3, -0.25) is 5.73 Å². The highest BCUT2D eigenvalue weighted by Crippen LogP contribution is 2.31. The Morgan fingerprint density at radius 3 is 1.40 bits per heavy atom. The van der Waals surface area contributed by atoms with Crippen LogP contribution in [0.25, 0.3) is 0 Å². The summed E-state index contributed by atoms with van der Waals surface area (Å²) < 4.78 is -1.32. The third-order valence-electron chi connectivity index (χ3n) is 1.93. The molecule has 0 aliphatic heterocycles. The largest absolute Gasteiger partial charge is 0.321 e. The number of rotatable bonds is 3. The van der Waals surface area contributed by atoms with Crippen LogP contribution >= 0.6 is 23.2 Å². The topological polar surface area (TPSA) is 52.0 Å². The van der Waals surface area contributed by atoms with E-state index in [1.165, 1.54) is 0 Å². The average Bonchev–Trinajstić information content (AvgIpc) is 1.84. The second-order valence-corrected chi connectivity index (χ2v) is 3.87. The van der Waals surface area contributed by atoms with E-state index in [1.54, 1.807) is 0 Å². The molecule has 4 N–H and O–H groups in total. The van der Waals surface area contributed by atoms with Gasteiger partial charge in [0.2, 0.25) is 0 Å². The molecule has 2 nitrogen and oxygen atoms in total. The first-order valence-electron chi connectivity index (χ1n) is 3.33. The minimum absolute atomic E-state index is 0.671. The van der Waals surface area contributed by atoms with E-state index in [-0.39, 0.29) is 0 Å². The van der Waals surface area contributed by atoms with Crippen LogP contribution < -0.4 is 11.5 Å². The number of hydrogen-bond donors (Lipinski definition) is 2. The minimum atomic E-state index is -1.32. The van der Waals surface area contributed by atoms with Crippen molar-refractivity contribution >= 4 is 23.2 Å². The van der Waals surface area contributed by atoms with E-state index in [0.717, 1.165) is 0 Å². The molecule has 0 amide bonds. The number of alkyl halides is 2. The highest BCUT2D eigenvalue weighted by Gasteiger charge is 2.40. The zero-order valence-corrected chi connectivity index (χ0v) is 7.84. The summed E-state index contributed by atoms with van der Waals surface area (Å²) in [6, 6.07) is 0. The van der Waals surface area contributed by atoms with Crippen molar-refractivity contribution in [3.05, 3.63) is 0 Å². The predicted molar refractivity (Wildman–Crippen MR) is 46.1 cm³/mol. The Kier molecular flexibility index (Phi) is 3.43. The lowest BCUT2D eigenvalue weighted by atomic mass is 9.94. The SMILES string of the molecule is CCC(N)(CC)C(N)(Cl)Cl. The molecule has 0 bridgehead atoms. The van der Waals surface area contributed by atoms with Crippen molar-refractivity contribution in [1.82, 2.24) is 0 Å². The fraction of sp³-hybridized carbons (Fsp3) is 1.00. The molecule has 0 atom stereocenters. The van der Waals surface area contributed by atoms with Crippen LogP contribution in [0.15, 0.2) is 0 Å². The predicted octanol–water partition coefficient (Wildman–Crippen LogP) is 1.59. The molecule has 0 fully saturated rings. The van der Waals surface area contributed by atoms with Crippen molar-refractivity contribution in [2.24, 2.45) is 11.5 Å². The second kappa shape index (κ2) is 3.26. The molecule has 0 aliphatic rings. The Bertz CT molecular complexity index is 105. The lowest BCUT2D eigenvalue weighted by molar-refractivity contribution is 0.353. The Hall–Kier alpha value is 0.500. The van der Waals surface area contributed by atoms with Gasteiger partial charge in [0.05, 0.1) is 5.54 Å². The molecule has 0 radical (unpaired) electrons. The van der Waals surface area contributed by atoms with Gasteiger partial charge in [-0.1, -0.05) is 37.0 Å². The fourth-order valence-corrected chi connectivity index (χ4v) is 1.26. The molecule has 10 heavy (non-hydrogen) atoms. The smallest absolute Gasteiger partial charge is 0.184 e. The van der Waals surface area contributed by atoms with Crippen molar-refractivity contribution in [3.63, 3.8) is 0 Å². The first-order chi connectivity index (χ1) is 4.37. The van der Waals surface area contributed by atoms with E-state index in [9.17, 15) is 0 Å². The van der Waals surface area contributed by atoms with Crippen LogP contribution in [0.1, 0.15) is 26.7 Å². The highest BCUT2D eigenvalue weighted by atomic mass is 35.5. The molecule has 0 aromatic carbocycles. The average molecular weight is 185 g/mol. The molecule has 0 aliphatic carbocycles. The lowest BCUT2D eigenvalue weighted by Gasteiger charge is -2.35. The first kappa shape index (κ1) is 10.5. The molecule has 0 unspecified atom stereocenters. The normalized spacial score (nSPS) is 13.8. The Morgan fingerprint density at radius 2 is 1.40 bits per heavy atom. The van der Waals surface area contributed by atoms with Crippen molar-refractivity contribution in [2.75, 3.05) is 0 Å². The van der Waals surface area contributed by atoms with Crippen LogP contribution in [0.5, 0.6) is 0 Å². The van der Waals surface area contributed by atoms with Gasteiger partial charge in [-0.05, 0) is 12.8 Å². The molecule has 0 rings (SSSR count). The van der Waals surface area contributed by atoms with Gasteiger partial charge in [0, 0.05) is 0 Å². The molecule has 0 aromatic rings. The van der Waals surface area contributed by atoms with Gasteiger partial charge >= 0.3 is 0 Å². The third kappa shape index (κ3) is 1.99. The summed E-state index contributed by atoms with van der Waals surface area (Å²) in [5.74, 6) is 0. The molecule has 0 spiro atoms. The number of halogens is 2. The molecule has 0 saturated heterocycles. The number of hydrogen-bond acceptors (Lipinski definition) is 2. The van der Waals surface area contributed by atoms with Gasteiger partial charge < -0.3 is 5.73 Å². The summed E-state index contributed by atoms with van der Waals surface area (Å²) in [6.45, 7) is 3.83. The monoisotopic (exact) mass is 184 g/mol. The summed E-state index contributed by atoms with van der Waals surface area (Å²) in [5, 5.41) is 0. The van der Waals surface area contributed by atoms with Crippen LogP contribution in [0.2, 0.25) is 0 Å². The van der Waals surface area contributed by atoms with Crippen molar-refractivity contribution < 1.29 is 0 Å². The van der Waals surface area contributed by atoms with Crippen LogP contribution in [-0.2, 0) is 0 Å². The van der Waals surface area contributed by atoms with E-state index < -0.39 is 10.00 Å². The molecular weight excluding hydrogens is 171 g/mol. The van der Waals surface area contributed by atoms with Gasteiger partial charge in [-0.15, -0.1) is 0 Å². The van der Waals surface area contributed by atoms with Gasteiger partial charge in [-0.2, -0.15) is 0 Å². The second-order valence-electron chi connectivity index (χ2n) is 2.49. The third-order valence-corrected chi connectivity index (χ3v) is 2.68. The molecular formula is C6H14Cl2N2. The molecule has 0 aromatic heterocycles. The van der Waals surface area contributed by atoms with Crippen LogP contribution in [0.3, 0.4) is 0 Å². The summed E-state index contributed by atoms with van der Waals surface area (Å²) in [5.41, 5.74) is 10.6. The van der Waals surface area contributed by atoms with E-state index in [0.29, 0.717) is 12.8 Å². The van der Waals surface area contributed by atoms with Gasteiger partial charge in [0.15, 0.2) is 4.46 Å². The zero-order valence-electron chi connectivity index (χ0n) is 6.32. The van der Waals surface area contributed by atoms with Crippen LogP contribution in [-0.4, -0.2) is 10.00 Å². The fourth-order valence-electron chi connectivity index (χ4n) is 0.721. The Morgan fingerprint density at radius 1 is 1.10 bits per heavy atom. The highest BCUT2D eigenvalue weighted by molar-refractivity contribution is 6.48. The van der Waals surface area contributed by atoms with Gasteiger partial charge in [0.1, 0.15) is 0 Å². The Balaban J connectivity index is 4.33. The summed E-state index contributed by atoms with van der Waals surface area (Å²) in [4.78, 5) is 0. The first-order valence-corrected chi connectivity index (χ1v) is 4.08. The maximum atomic E-state index is 5.78. The maximum Gasteiger partial charge on any atom is 0.184 e. The van der Waals surface area contributed by atoms with Crippen LogP contribution in [0.4, 0.5) is 0 Å². The molecule has 0 heterocycles. The van der Waals surface area contributed by atoms with Crippen molar-refractivity contribution in [2.45, 2.75) is 36.7 Å². The molecule has 4 heteroatoms. The lowest BCUT2D eigenvalue weighted by Crippen LogP contribution is -2.58. The number of nitrogens with two attached hydrogens (primary N) is 2. The quantitative estimate of drug-likeness (QED) is 0.518. The summed E-state index contributed by atoms with van der Waals surface area (Å²) >= 11 is 11.3. The van der Waals surface area contributed by atoms with E-state index >= 15 is 0 Å². The van der Waals surface area contributed by atoms with E-state index in [2.05, 4.69) is 0 Å². The van der Waals surface area contributed by atoms with Gasteiger partial charge in [0.25, 0.3) is 0 Å². The zero-order chi connectivity index (χ0) is 8.41. The van der Waals surface area contributed by atoms with Gasteiger partial charge in [-0.25, -0.2) is 0 Å². The van der Waals surface area contributed by atoms with Crippen molar-refractivity contribution in [3.8, 4) is 0 Å². The summed E-state index contributed by atoms with van der Waals surface area (Å²) in [7, 11) is 0. The maximum absolute atomic E-state index is 5.78. The van der Waals surface area contributed by atoms with E-state index in [4.69, 9.17) is 34.7 Å². The minimum Gasteiger partial charge on any atom is -0.321 e.